The highest BCUT2D eigenvalue weighted by atomic mass is 32.1. The molecule has 0 atom stereocenters. The van der Waals surface area contributed by atoms with Gasteiger partial charge in [-0.25, -0.2) is 4.98 Å². The van der Waals surface area contributed by atoms with E-state index >= 15 is 0 Å². The van der Waals surface area contributed by atoms with Crippen LogP contribution in [0.1, 0.15) is 13.3 Å². The van der Waals surface area contributed by atoms with Crippen molar-refractivity contribution in [2.24, 2.45) is 0 Å². The summed E-state index contributed by atoms with van der Waals surface area (Å²) in [4.78, 5) is 9.36. The number of benzene rings is 1. The van der Waals surface area contributed by atoms with Crippen LogP contribution in [-0.4, -0.2) is 60.9 Å². The van der Waals surface area contributed by atoms with E-state index in [1.807, 2.05) is 13.0 Å². The number of hydrogen-bond donors (Lipinski definition) is 1. The maximum absolute atomic E-state index is 5.50. The predicted molar refractivity (Wildman–Crippen MR) is 105 cm³/mol. The highest BCUT2D eigenvalue weighted by molar-refractivity contribution is 7.80. The predicted octanol–water partition coefficient (Wildman–Crippen LogP) is 2.72. The van der Waals surface area contributed by atoms with Gasteiger partial charge in [-0.1, -0.05) is 23.5 Å². The quantitative estimate of drug-likeness (QED) is 0.628. The third-order valence-corrected chi connectivity index (χ3v) is 5.57. The van der Waals surface area contributed by atoms with Crippen molar-refractivity contribution in [2.75, 3.05) is 50.8 Å². The number of fused-ring (bicyclic) bond motifs is 1. The summed E-state index contributed by atoms with van der Waals surface area (Å²) in [5.74, 6) is 0. The van der Waals surface area contributed by atoms with E-state index in [0.717, 1.165) is 68.1 Å². The number of piperazine rings is 1. The molecule has 5 nitrogen and oxygen atoms in total. The molecule has 0 radical (unpaired) electrons. The van der Waals surface area contributed by atoms with Crippen molar-refractivity contribution < 1.29 is 4.74 Å². The Morgan fingerprint density at radius 3 is 2.83 bits per heavy atom. The summed E-state index contributed by atoms with van der Waals surface area (Å²) < 4.78 is 6.59. The molecule has 3 rings (SSSR count). The minimum atomic E-state index is 0.776. The van der Waals surface area contributed by atoms with Gasteiger partial charge in [-0.15, -0.1) is 0 Å². The molecule has 7 heteroatoms. The minimum Gasteiger partial charge on any atom is -0.382 e. The fourth-order valence-corrected chi connectivity index (χ4v) is 4.02. The van der Waals surface area contributed by atoms with E-state index in [1.54, 1.807) is 11.3 Å². The Morgan fingerprint density at radius 2 is 2.08 bits per heavy atom. The number of nitrogens with one attached hydrogen (secondary N) is 1. The van der Waals surface area contributed by atoms with Gasteiger partial charge in [0.2, 0.25) is 0 Å². The summed E-state index contributed by atoms with van der Waals surface area (Å²) in [6, 6.07) is 8.32. The Kier molecular flexibility index (Phi) is 6.23. The molecule has 2 heterocycles. The lowest BCUT2D eigenvalue weighted by molar-refractivity contribution is 0.145. The summed E-state index contributed by atoms with van der Waals surface area (Å²) in [7, 11) is 0. The first kappa shape index (κ1) is 17.4. The molecular weight excluding hydrogens is 340 g/mol. The zero-order chi connectivity index (χ0) is 16.8. The van der Waals surface area contributed by atoms with Crippen molar-refractivity contribution in [2.45, 2.75) is 13.3 Å². The zero-order valence-electron chi connectivity index (χ0n) is 14.0. The second-order valence-corrected chi connectivity index (χ2v) is 7.12. The number of thiazole rings is 1. The fraction of sp³-hybridized carbons (Fsp3) is 0.529. The van der Waals surface area contributed by atoms with Crippen LogP contribution in [0, 0.1) is 0 Å². The van der Waals surface area contributed by atoms with Crippen LogP contribution in [0.2, 0.25) is 0 Å². The molecule has 24 heavy (non-hydrogen) atoms. The van der Waals surface area contributed by atoms with E-state index < -0.39 is 0 Å². The summed E-state index contributed by atoms with van der Waals surface area (Å²) >= 11 is 7.27. The standard InChI is InChI=1S/C17H24N4OS2/c1-2-22-13-5-8-18-16(23)20-9-11-21(12-10-20)17-19-14-6-3-4-7-15(14)24-17/h3-4,6-7H,2,5,8-13H2,1H3,(H,18,23). The molecule has 2 aromatic rings. The molecule has 0 bridgehead atoms. The average molecular weight is 365 g/mol. The Balaban J connectivity index is 1.46. The number of ether oxygens (including phenoxy) is 1. The number of thiocarbonyl (C=S) groups is 1. The lowest BCUT2D eigenvalue weighted by atomic mass is 10.3. The van der Waals surface area contributed by atoms with Crippen LogP contribution in [0.15, 0.2) is 24.3 Å². The van der Waals surface area contributed by atoms with Crippen LogP contribution >= 0.6 is 23.6 Å². The molecule has 1 saturated heterocycles. The maximum Gasteiger partial charge on any atom is 0.186 e. The number of para-hydroxylation sites is 1. The first-order valence-corrected chi connectivity index (χ1v) is 9.71. The van der Waals surface area contributed by atoms with Crippen molar-refractivity contribution in [3.05, 3.63) is 24.3 Å². The Labute approximate surface area is 152 Å². The number of hydrogen-bond acceptors (Lipinski definition) is 5. The van der Waals surface area contributed by atoms with E-state index in [1.165, 1.54) is 4.70 Å². The molecule has 1 aromatic heterocycles. The molecule has 0 spiro atoms. The molecule has 0 unspecified atom stereocenters. The second kappa shape index (κ2) is 8.60. The maximum atomic E-state index is 5.50. The first-order valence-electron chi connectivity index (χ1n) is 8.49. The minimum absolute atomic E-state index is 0.776. The molecule has 1 N–H and O–H groups in total. The molecule has 0 amide bonds. The number of nitrogens with zero attached hydrogens (tertiary/aromatic N) is 3. The molecule has 1 aromatic carbocycles. The van der Waals surface area contributed by atoms with Gasteiger partial charge < -0.3 is 19.9 Å². The van der Waals surface area contributed by atoms with Gasteiger partial charge >= 0.3 is 0 Å². The van der Waals surface area contributed by atoms with E-state index in [0.29, 0.717) is 0 Å². The van der Waals surface area contributed by atoms with Crippen LogP contribution < -0.4 is 10.2 Å². The first-order chi connectivity index (χ1) is 11.8. The largest absolute Gasteiger partial charge is 0.382 e. The average Bonchev–Trinajstić information content (AvgIpc) is 3.05. The van der Waals surface area contributed by atoms with Crippen LogP contribution in [0.5, 0.6) is 0 Å². The van der Waals surface area contributed by atoms with Gasteiger partial charge in [-0.05, 0) is 37.7 Å². The van der Waals surface area contributed by atoms with Gasteiger partial charge in [0.05, 0.1) is 10.2 Å². The highest BCUT2D eigenvalue weighted by Gasteiger charge is 2.21. The van der Waals surface area contributed by atoms with E-state index in [4.69, 9.17) is 21.9 Å². The number of rotatable bonds is 6. The third-order valence-electron chi connectivity index (χ3n) is 4.07. The van der Waals surface area contributed by atoms with Crippen molar-refractivity contribution in [1.29, 1.82) is 0 Å². The van der Waals surface area contributed by atoms with Gasteiger partial charge in [0.15, 0.2) is 10.2 Å². The molecule has 0 saturated carbocycles. The number of aromatic nitrogens is 1. The van der Waals surface area contributed by atoms with Gasteiger partial charge in [0.25, 0.3) is 0 Å². The zero-order valence-corrected chi connectivity index (χ0v) is 15.7. The highest BCUT2D eigenvalue weighted by Crippen LogP contribution is 2.29. The summed E-state index contributed by atoms with van der Waals surface area (Å²) in [5.41, 5.74) is 1.09. The molecule has 1 aliphatic heterocycles. The van der Waals surface area contributed by atoms with E-state index in [-0.39, 0.29) is 0 Å². The molecule has 1 fully saturated rings. The molecule has 1 aliphatic rings. The van der Waals surface area contributed by atoms with E-state index in [9.17, 15) is 0 Å². The van der Waals surface area contributed by atoms with Gasteiger partial charge in [-0.3, -0.25) is 0 Å². The SMILES string of the molecule is CCOCCCNC(=S)N1CCN(c2nc3ccccc3s2)CC1. The van der Waals surface area contributed by atoms with Crippen LogP contribution in [-0.2, 0) is 4.74 Å². The monoisotopic (exact) mass is 364 g/mol. The van der Waals surface area contributed by atoms with Crippen LogP contribution in [0.3, 0.4) is 0 Å². The van der Waals surface area contributed by atoms with Crippen molar-refractivity contribution in [3.8, 4) is 0 Å². The normalized spacial score (nSPS) is 15.0. The van der Waals surface area contributed by atoms with Crippen LogP contribution in [0.25, 0.3) is 10.2 Å². The van der Waals surface area contributed by atoms with Crippen molar-refractivity contribution >= 4 is 44.0 Å². The Bertz CT molecular complexity index is 634. The molecule has 0 aliphatic carbocycles. The lowest BCUT2D eigenvalue weighted by Crippen LogP contribution is -2.51. The molecular formula is C17H24N4OS2. The van der Waals surface area contributed by atoms with Gasteiger partial charge in [0, 0.05) is 45.9 Å². The Morgan fingerprint density at radius 1 is 1.29 bits per heavy atom. The van der Waals surface area contributed by atoms with Crippen molar-refractivity contribution in [1.82, 2.24) is 15.2 Å². The Hall–Kier alpha value is -1.44. The molecule has 130 valence electrons. The topological polar surface area (TPSA) is 40.6 Å². The smallest absolute Gasteiger partial charge is 0.186 e. The second-order valence-electron chi connectivity index (χ2n) is 5.72. The van der Waals surface area contributed by atoms with Gasteiger partial charge in [0.1, 0.15) is 0 Å². The van der Waals surface area contributed by atoms with Crippen molar-refractivity contribution in [3.63, 3.8) is 0 Å². The number of anilines is 1. The summed E-state index contributed by atoms with van der Waals surface area (Å²) in [6.45, 7) is 8.25. The van der Waals surface area contributed by atoms with E-state index in [2.05, 4.69) is 33.3 Å². The third kappa shape index (κ3) is 4.34. The fourth-order valence-electron chi connectivity index (χ4n) is 2.72. The summed E-state index contributed by atoms with van der Waals surface area (Å²) in [6.07, 6.45) is 0.986. The van der Waals surface area contributed by atoms with Gasteiger partial charge in [-0.2, -0.15) is 0 Å². The van der Waals surface area contributed by atoms with Crippen LogP contribution in [0.4, 0.5) is 5.13 Å². The summed E-state index contributed by atoms with van der Waals surface area (Å²) in [5, 5.41) is 5.31. The lowest BCUT2D eigenvalue weighted by Gasteiger charge is -2.36.